The van der Waals surface area contributed by atoms with Gasteiger partial charge in [-0.1, -0.05) is 35.0 Å². The highest BCUT2D eigenvalue weighted by molar-refractivity contribution is 6.30. The highest BCUT2D eigenvalue weighted by atomic mass is 35.5. The molecule has 2 aromatic carbocycles. The summed E-state index contributed by atoms with van der Waals surface area (Å²) in [5, 5.41) is 5.37. The van der Waals surface area contributed by atoms with Crippen molar-refractivity contribution in [2.45, 2.75) is 13.5 Å². The Bertz CT molecular complexity index is 1460. The smallest absolute Gasteiger partial charge is 0.276 e. The number of nitrogens with zero attached hydrogens (tertiary/aromatic N) is 4. The van der Waals surface area contributed by atoms with Crippen LogP contribution in [0.3, 0.4) is 0 Å². The van der Waals surface area contributed by atoms with Gasteiger partial charge >= 0.3 is 0 Å². The summed E-state index contributed by atoms with van der Waals surface area (Å²) < 4.78 is 12.8. The molecule has 0 aliphatic carbocycles. The number of ketones is 1. The Kier molecular flexibility index (Phi) is 5.40. The molecular formula is C25H19ClN4O3. The molecule has 33 heavy (non-hydrogen) atoms. The molecule has 5 rings (SSSR count). The quantitative estimate of drug-likeness (QED) is 0.319. The van der Waals surface area contributed by atoms with Gasteiger partial charge in [-0.2, -0.15) is 4.98 Å². The summed E-state index contributed by atoms with van der Waals surface area (Å²) >= 11 is 6.04. The molecule has 3 aromatic heterocycles. The van der Waals surface area contributed by atoms with Gasteiger partial charge in [-0.05, 0) is 55.0 Å². The van der Waals surface area contributed by atoms with Gasteiger partial charge in [0.1, 0.15) is 11.4 Å². The van der Waals surface area contributed by atoms with Crippen LogP contribution >= 0.6 is 11.6 Å². The molecule has 0 saturated carbocycles. The molecule has 3 heterocycles. The van der Waals surface area contributed by atoms with Crippen LogP contribution in [0.25, 0.3) is 22.5 Å². The fourth-order valence-electron chi connectivity index (χ4n) is 3.87. The van der Waals surface area contributed by atoms with Crippen LogP contribution in [0, 0.1) is 6.92 Å². The van der Waals surface area contributed by atoms with Crippen molar-refractivity contribution in [3.05, 3.63) is 94.5 Å². The van der Waals surface area contributed by atoms with E-state index in [0.717, 1.165) is 22.2 Å². The summed E-state index contributed by atoms with van der Waals surface area (Å²) in [6.07, 6.45) is 1.63. The Balaban J connectivity index is 1.61. The van der Waals surface area contributed by atoms with Gasteiger partial charge in [-0.15, -0.1) is 0 Å². The molecule has 8 heteroatoms. The molecule has 0 radical (unpaired) electrons. The standard InChI is InChI=1S/C25H19ClN4O3/c1-15-22(23(31)24-28-25(33-29-24)20-5-3-4-12-27-20)19-13-18(32-2)10-11-21(19)30(15)14-16-6-8-17(26)9-7-16/h3-13H,14H2,1-2H3. The first-order valence-corrected chi connectivity index (χ1v) is 10.6. The van der Waals surface area contributed by atoms with Gasteiger partial charge in [0.05, 0.1) is 12.7 Å². The van der Waals surface area contributed by atoms with Crippen molar-refractivity contribution in [3.63, 3.8) is 0 Å². The maximum Gasteiger partial charge on any atom is 0.276 e. The molecule has 7 nitrogen and oxygen atoms in total. The minimum absolute atomic E-state index is 0.0212. The monoisotopic (exact) mass is 458 g/mol. The number of carbonyl (C=O) groups excluding carboxylic acids is 1. The molecule has 0 N–H and O–H groups in total. The van der Waals surface area contributed by atoms with Gasteiger partial charge in [0, 0.05) is 34.4 Å². The molecule has 0 atom stereocenters. The van der Waals surface area contributed by atoms with E-state index in [1.54, 1.807) is 25.4 Å². The number of aromatic nitrogens is 4. The van der Waals surface area contributed by atoms with E-state index < -0.39 is 0 Å². The number of carbonyl (C=O) groups is 1. The zero-order valence-corrected chi connectivity index (χ0v) is 18.7. The van der Waals surface area contributed by atoms with Gasteiger partial charge in [0.25, 0.3) is 5.89 Å². The lowest BCUT2D eigenvalue weighted by molar-refractivity contribution is 0.102. The second-order valence-corrected chi connectivity index (χ2v) is 7.96. The van der Waals surface area contributed by atoms with Crippen molar-refractivity contribution >= 4 is 28.3 Å². The van der Waals surface area contributed by atoms with Crippen molar-refractivity contribution in [2.75, 3.05) is 7.11 Å². The fraction of sp³-hybridized carbons (Fsp3) is 0.120. The SMILES string of the molecule is COc1ccc2c(c1)c(C(=O)c1noc(-c3ccccn3)n1)c(C)n2Cc1ccc(Cl)cc1. The number of halogens is 1. The van der Waals surface area contributed by atoms with Crippen LogP contribution in [0.2, 0.25) is 5.02 Å². The average Bonchev–Trinajstić information content (AvgIpc) is 3.44. The number of rotatable bonds is 6. The second kappa shape index (κ2) is 8.52. The van der Waals surface area contributed by atoms with Crippen molar-refractivity contribution in [1.82, 2.24) is 19.7 Å². The van der Waals surface area contributed by atoms with E-state index in [4.69, 9.17) is 20.9 Å². The van der Waals surface area contributed by atoms with E-state index >= 15 is 0 Å². The van der Waals surface area contributed by atoms with Crippen LogP contribution < -0.4 is 4.74 Å². The lowest BCUT2D eigenvalue weighted by atomic mass is 10.1. The minimum Gasteiger partial charge on any atom is -0.497 e. The van der Waals surface area contributed by atoms with E-state index in [1.165, 1.54) is 0 Å². The van der Waals surface area contributed by atoms with Crippen LogP contribution in [0.5, 0.6) is 5.75 Å². The number of methoxy groups -OCH3 is 1. The van der Waals surface area contributed by atoms with Crippen LogP contribution in [-0.4, -0.2) is 32.6 Å². The topological polar surface area (TPSA) is 83.0 Å². The highest BCUT2D eigenvalue weighted by Gasteiger charge is 2.26. The molecule has 0 spiro atoms. The normalized spacial score (nSPS) is 11.1. The lowest BCUT2D eigenvalue weighted by Crippen LogP contribution is -2.07. The average molecular weight is 459 g/mol. The third-order valence-electron chi connectivity index (χ3n) is 5.52. The summed E-state index contributed by atoms with van der Waals surface area (Å²) in [4.78, 5) is 22.1. The van der Waals surface area contributed by atoms with Crippen LogP contribution in [0.1, 0.15) is 27.4 Å². The predicted octanol–water partition coefficient (Wildman–Crippen LogP) is 5.34. The minimum atomic E-state index is -0.327. The van der Waals surface area contributed by atoms with E-state index in [0.29, 0.717) is 28.6 Å². The molecule has 0 saturated heterocycles. The van der Waals surface area contributed by atoms with Crippen LogP contribution in [0.4, 0.5) is 0 Å². The molecule has 5 aromatic rings. The Morgan fingerprint density at radius 1 is 1.12 bits per heavy atom. The van der Waals surface area contributed by atoms with Gasteiger partial charge in [-0.3, -0.25) is 9.78 Å². The van der Waals surface area contributed by atoms with Gasteiger partial charge in [0.15, 0.2) is 0 Å². The molecule has 0 amide bonds. The number of fused-ring (bicyclic) bond motifs is 1. The van der Waals surface area contributed by atoms with Gasteiger partial charge in [-0.25, -0.2) is 0 Å². The van der Waals surface area contributed by atoms with Crippen molar-refractivity contribution in [1.29, 1.82) is 0 Å². The van der Waals surface area contributed by atoms with E-state index in [9.17, 15) is 4.79 Å². The first kappa shape index (κ1) is 20.9. The molecule has 0 aliphatic heterocycles. The molecule has 0 bridgehead atoms. The van der Waals surface area contributed by atoms with E-state index in [-0.39, 0.29) is 17.5 Å². The number of hydrogen-bond acceptors (Lipinski definition) is 6. The number of hydrogen-bond donors (Lipinski definition) is 0. The summed E-state index contributed by atoms with van der Waals surface area (Å²) in [5.74, 6) is 0.500. The molecule has 0 fully saturated rings. The summed E-state index contributed by atoms with van der Waals surface area (Å²) in [6, 6.07) is 18.7. The molecule has 0 unspecified atom stereocenters. The Morgan fingerprint density at radius 2 is 1.94 bits per heavy atom. The van der Waals surface area contributed by atoms with Crippen molar-refractivity contribution in [3.8, 4) is 17.3 Å². The van der Waals surface area contributed by atoms with E-state index in [1.807, 2.05) is 55.5 Å². The maximum atomic E-state index is 13.6. The fourth-order valence-corrected chi connectivity index (χ4v) is 4.00. The zero-order valence-electron chi connectivity index (χ0n) is 17.9. The van der Waals surface area contributed by atoms with Crippen LogP contribution in [0.15, 0.2) is 71.4 Å². The highest BCUT2D eigenvalue weighted by Crippen LogP contribution is 2.32. The van der Waals surface area contributed by atoms with Crippen molar-refractivity contribution in [2.24, 2.45) is 0 Å². The predicted molar refractivity (Wildman–Crippen MR) is 125 cm³/mol. The summed E-state index contributed by atoms with van der Waals surface area (Å²) in [6.45, 7) is 2.49. The van der Waals surface area contributed by atoms with Gasteiger partial charge < -0.3 is 13.8 Å². The Labute approximate surface area is 194 Å². The third kappa shape index (κ3) is 3.87. The van der Waals surface area contributed by atoms with Crippen LogP contribution in [-0.2, 0) is 6.54 Å². The largest absolute Gasteiger partial charge is 0.497 e. The second-order valence-electron chi connectivity index (χ2n) is 7.52. The van der Waals surface area contributed by atoms with E-state index in [2.05, 4.69) is 19.7 Å². The van der Waals surface area contributed by atoms with Gasteiger partial charge in [0.2, 0.25) is 11.6 Å². The first-order chi connectivity index (χ1) is 16.0. The molecule has 0 aliphatic rings. The summed E-state index contributed by atoms with van der Waals surface area (Å²) in [7, 11) is 1.60. The zero-order chi connectivity index (χ0) is 22.9. The number of benzene rings is 2. The number of ether oxygens (including phenoxy) is 1. The summed E-state index contributed by atoms with van der Waals surface area (Å²) in [5.41, 5.74) is 3.77. The molecule has 164 valence electrons. The maximum absolute atomic E-state index is 13.6. The number of pyridine rings is 1. The first-order valence-electron chi connectivity index (χ1n) is 10.3. The van der Waals surface area contributed by atoms with Crippen molar-refractivity contribution < 1.29 is 14.1 Å². The lowest BCUT2D eigenvalue weighted by Gasteiger charge is -2.09. The third-order valence-corrected chi connectivity index (χ3v) is 5.78. The Morgan fingerprint density at radius 3 is 2.67 bits per heavy atom. The Hall–Kier alpha value is -3.97. The molecular weight excluding hydrogens is 440 g/mol.